The monoisotopic (exact) mass is 259 g/mol. The van der Waals surface area contributed by atoms with Gasteiger partial charge < -0.3 is 15.0 Å². The molecule has 0 aliphatic rings. The smallest absolute Gasteiger partial charge is 0.338 e. The van der Waals surface area contributed by atoms with Gasteiger partial charge in [0.25, 0.3) is 0 Å². The van der Waals surface area contributed by atoms with E-state index in [-0.39, 0.29) is 5.97 Å². The number of ether oxygens (including phenoxy) is 1. The summed E-state index contributed by atoms with van der Waals surface area (Å²) in [5.41, 5.74) is 9.77. The number of benzene rings is 1. The molecule has 2 aromatic rings. The van der Waals surface area contributed by atoms with Crippen LogP contribution in [0.25, 0.3) is 5.69 Å². The lowest BCUT2D eigenvalue weighted by Crippen LogP contribution is -2.07. The molecular weight excluding hydrogens is 242 g/mol. The number of hydrogen-bond acceptors (Lipinski definition) is 4. The molecular formula is C14H17N3O2. The number of aryl methyl sites for hydroxylation is 1. The van der Waals surface area contributed by atoms with Crippen molar-refractivity contribution in [3.8, 4) is 5.69 Å². The van der Waals surface area contributed by atoms with Crippen LogP contribution in [0.15, 0.2) is 24.5 Å². The Morgan fingerprint density at radius 1 is 1.42 bits per heavy atom. The number of nitrogen functional groups attached to an aromatic ring is 1. The number of carbonyl (C=O) groups excluding carboxylic acids is 1. The van der Waals surface area contributed by atoms with E-state index in [0.29, 0.717) is 17.9 Å². The van der Waals surface area contributed by atoms with Gasteiger partial charge in [0.05, 0.1) is 35.6 Å². The summed E-state index contributed by atoms with van der Waals surface area (Å²) in [4.78, 5) is 15.9. The van der Waals surface area contributed by atoms with Gasteiger partial charge >= 0.3 is 5.97 Å². The van der Waals surface area contributed by atoms with Gasteiger partial charge in [-0.15, -0.1) is 0 Å². The molecule has 0 saturated carbocycles. The van der Waals surface area contributed by atoms with Crippen LogP contribution in [-0.2, 0) is 4.74 Å². The van der Waals surface area contributed by atoms with Crippen molar-refractivity contribution in [2.45, 2.75) is 20.8 Å². The second-order valence-electron chi connectivity index (χ2n) is 4.28. The Morgan fingerprint density at radius 2 is 2.16 bits per heavy atom. The second-order valence-corrected chi connectivity index (χ2v) is 4.28. The quantitative estimate of drug-likeness (QED) is 0.678. The summed E-state index contributed by atoms with van der Waals surface area (Å²) in [6, 6.07) is 5.14. The Balaban J connectivity index is 2.40. The van der Waals surface area contributed by atoms with Gasteiger partial charge in [0.1, 0.15) is 0 Å². The van der Waals surface area contributed by atoms with E-state index in [4.69, 9.17) is 10.5 Å². The molecule has 0 unspecified atom stereocenters. The zero-order chi connectivity index (χ0) is 14.0. The predicted molar refractivity (Wildman–Crippen MR) is 73.4 cm³/mol. The molecule has 0 amide bonds. The molecule has 0 aliphatic carbocycles. The van der Waals surface area contributed by atoms with Gasteiger partial charge in [-0.2, -0.15) is 0 Å². The van der Waals surface area contributed by atoms with Crippen molar-refractivity contribution in [3.63, 3.8) is 0 Å². The van der Waals surface area contributed by atoms with Crippen molar-refractivity contribution in [3.05, 3.63) is 41.5 Å². The van der Waals surface area contributed by atoms with Gasteiger partial charge in [-0.05, 0) is 39.0 Å². The van der Waals surface area contributed by atoms with E-state index in [9.17, 15) is 4.79 Å². The number of anilines is 1. The third-order valence-corrected chi connectivity index (χ3v) is 3.05. The van der Waals surface area contributed by atoms with E-state index in [2.05, 4.69) is 4.98 Å². The van der Waals surface area contributed by atoms with E-state index < -0.39 is 0 Å². The number of rotatable bonds is 3. The minimum absolute atomic E-state index is 0.348. The summed E-state index contributed by atoms with van der Waals surface area (Å²) in [6.45, 7) is 6.03. The fourth-order valence-electron chi connectivity index (χ4n) is 1.86. The number of hydrogen-bond donors (Lipinski definition) is 1. The topological polar surface area (TPSA) is 70.1 Å². The standard InChI is InChI=1S/C14H17N3O2/c1-4-19-14(18)11-5-6-13(12(15)7-11)17-8-16-9(2)10(17)3/h5-8H,4,15H2,1-3H3. The van der Waals surface area contributed by atoms with E-state index in [1.165, 1.54) is 0 Å². The largest absolute Gasteiger partial charge is 0.462 e. The SMILES string of the molecule is CCOC(=O)c1ccc(-n2cnc(C)c2C)c(N)c1. The van der Waals surface area contributed by atoms with Crippen LogP contribution in [0.1, 0.15) is 28.7 Å². The van der Waals surface area contributed by atoms with E-state index in [1.54, 1.807) is 31.5 Å². The summed E-state index contributed by atoms with van der Waals surface area (Å²) in [5, 5.41) is 0. The summed E-state index contributed by atoms with van der Waals surface area (Å²) < 4.78 is 6.85. The first kappa shape index (κ1) is 13.1. The van der Waals surface area contributed by atoms with Crippen molar-refractivity contribution < 1.29 is 9.53 Å². The third-order valence-electron chi connectivity index (χ3n) is 3.05. The highest BCUT2D eigenvalue weighted by Crippen LogP contribution is 2.22. The normalized spacial score (nSPS) is 10.5. The maximum Gasteiger partial charge on any atom is 0.338 e. The molecule has 1 aromatic heterocycles. The van der Waals surface area contributed by atoms with Gasteiger partial charge in [0.2, 0.25) is 0 Å². The first-order chi connectivity index (χ1) is 9.04. The first-order valence-electron chi connectivity index (χ1n) is 6.12. The predicted octanol–water partition coefficient (Wildman–Crippen LogP) is 2.25. The molecule has 0 aliphatic heterocycles. The zero-order valence-electron chi connectivity index (χ0n) is 11.3. The average Bonchev–Trinajstić information content (AvgIpc) is 2.70. The average molecular weight is 259 g/mol. The van der Waals surface area contributed by atoms with Crippen LogP contribution < -0.4 is 5.73 Å². The summed E-state index contributed by atoms with van der Waals surface area (Å²) in [5.74, 6) is -0.362. The van der Waals surface area contributed by atoms with Crippen molar-refractivity contribution in [1.29, 1.82) is 0 Å². The van der Waals surface area contributed by atoms with Crippen LogP contribution in [0.2, 0.25) is 0 Å². The summed E-state index contributed by atoms with van der Waals surface area (Å²) in [7, 11) is 0. The van der Waals surface area contributed by atoms with E-state index in [0.717, 1.165) is 17.1 Å². The molecule has 100 valence electrons. The van der Waals surface area contributed by atoms with Gasteiger partial charge in [0.15, 0.2) is 0 Å². The summed E-state index contributed by atoms with van der Waals surface area (Å²) >= 11 is 0. The van der Waals surface area contributed by atoms with Crippen molar-refractivity contribution >= 4 is 11.7 Å². The molecule has 0 radical (unpaired) electrons. The van der Waals surface area contributed by atoms with Gasteiger partial charge in [-0.3, -0.25) is 0 Å². The van der Waals surface area contributed by atoms with Crippen LogP contribution in [-0.4, -0.2) is 22.1 Å². The number of imidazole rings is 1. The first-order valence-corrected chi connectivity index (χ1v) is 6.12. The van der Waals surface area contributed by atoms with Crippen molar-refractivity contribution in [2.24, 2.45) is 0 Å². The Hall–Kier alpha value is -2.30. The molecule has 0 saturated heterocycles. The van der Waals surface area contributed by atoms with Crippen molar-refractivity contribution in [1.82, 2.24) is 9.55 Å². The Morgan fingerprint density at radius 3 is 2.68 bits per heavy atom. The highest BCUT2D eigenvalue weighted by molar-refractivity contribution is 5.91. The molecule has 2 rings (SSSR count). The Kier molecular flexibility index (Phi) is 3.55. The number of nitrogens with zero attached hydrogens (tertiary/aromatic N) is 2. The minimum Gasteiger partial charge on any atom is -0.462 e. The van der Waals surface area contributed by atoms with Gasteiger partial charge in [-0.25, -0.2) is 9.78 Å². The van der Waals surface area contributed by atoms with Gasteiger partial charge in [-0.1, -0.05) is 0 Å². The minimum atomic E-state index is -0.362. The highest BCUT2D eigenvalue weighted by atomic mass is 16.5. The number of carbonyl (C=O) groups is 1. The summed E-state index contributed by atoms with van der Waals surface area (Å²) in [6.07, 6.45) is 1.72. The zero-order valence-corrected chi connectivity index (χ0v) is 11.3. The maximum atomic E-state index is 11.6. The highest BCUT2D eigenvalue weighted by Gasteiger charge is 2.11. The lowest BCUT2D eigenvalue weighted by Gasteiger charge is -2.10. The lowest BCUT2D eigenvalue weighted by atomic mass is 10.1. The van der Waals surface area contributed by atoms with Crippen LogP contribution >= 0.6 is 0 Å². The molecule has 1 heterocycles. The molecule has 19 heavy (non-hydrogen) atoms. The number of aromatic nitrogens is 2. The van der Waals surface area contributed by atoms with Crippen LogP contribution in [0.5, 0.6) is 0 Å². The number of nitrogens with two attached hydrogens (primary N) is 1. The Labute approximate surface area is 112 Å². The fraction of sp³-hybridized carbons (Fsp3) is 0.286. The lowest BCUT2D eigenvalue weighted by molar-refractivity contribution is 0.0526. The molecule has 2 N–H and O–H groups in total. The Bertz CT molecular complexity index is 617. The van der Waals surface area contributed by atoms with Crippen LogP contribution in [0.4, 0.5) is 5.69 Å². The molecule has 0 bridgehead atoms. The molecule has 5 heteroatoms. The van der Waals surface area contributed by atoms with Gasteiger partial charge in [0, 0.05) is 5.69 Å². The van der Waals surface area contributed by atoms with Crippen LogP contribution in [0.3, 0.4) is 0 Å². The number of esters is 1. The molecule has 5 nitrogen and oxygen atoms in total. The van der Waals surface area contributed by atoms with E-state index >= 15 is 0 Å². The molecule has 0 fully saturated rings. The third kappa shape index (κ3) is 2.45. The molecule has 0 atom stereocenters. The molecule has 1 aromatic carbocycles. The van der Waals surface area contributed by atoms with Crippen molar-refractivity contribution in [2.75, 3.05) is 12.3 Å². The van der Waals surface area contributed by atoms with E-state index in [1.807, 2.05) is 18.4 Å². The molecule has 0 spiro atoms. The second kappa shape index (κ2) is 5.14. The maximum absolute atomic E-state index is 11.6. The fourth-order valence-corrected chi connectivity index (χ4v) is 1.86. The van der Waals surface area contributed by atoms with Crippen LogP contribution in [0, 0.1) is 13.8 Å².